The minimum Gasteiger partial charge on any atom is -0.491 e. The molecule has 1 saturated carbocycles. The zero-order valence-electron chi connectivity index (χ0n) is 20.5. The summed E-state index contributed by atoms with van der Waals surface area (Å²) in [5, 5.41) is 0. The molecule has 0 bridgehead atoms. The van der Waals surface area contributed by atoms with Crippen LogP contribution < -0.4 is 9.47 Å². The molecule has 1 aliphatic rings. The van der Waals surface area contributed by atoms with E-state index in [-0.39, 0.29) is 42.1 Å². The van der Waals surface area contributed by atoms with Crippen LogP contribution in [-0.4, -0.2) is 13.2 Å². The van der Waals surface area contributed by atoms with Gasteiger partial charge in [0.05, 0.1) is 13.2 Å². The minimum atomic E-state index is -1.01. The molecule has 0 unspecified atom stereocenters. The van der Waals surface area contributed by atoms with E-state index in [1.54, 1.807) is 25.1 Å². The number of hydrogen-bond donors (Lipinski definition) is 0. The molecule has 6 heteroatoms. The third-order valence-corrected chi connectivity index (χ3v) is 6.77. The van der Waals surface area contributed by atoms with Gasteiger partial charge in [-0.2, -0.15) is 8.78 Å². The number of rotatable bonds is 8. The minimum absolute atomic E-state index is 0.0771. The first-order valence-corrected chi connectivity index (χ1v) is 12.4. The number of halogens is 4. The quantitative estimate of drug-likeness (QED) is 0.289. The normalized spacial score (nSPS) is 17.9. The highest BCUT2D eigenvalue weighted by Crippen LogP contribution is 2.39. The Morgan fingerprint density at radius 3 is 2.06 bits per heavy atom. The van der Waals surface area contributed by atoms with Crippen molar-refractivity contribution in [3.63, 3.8) is 0 Å². The molecule has 0 amide bonds. The summed E-state index contributed by atoms with van der Waals surface area (Å²) in [6.07, 6.45) is 6.61. The summed E-state index contributed by atoms with van der Waals surface area (Å²) in [7, 11) is 0. The van der Waals surface area contributed by atoms with Crippen molar-refractivity contribution in [3.8, 4) is 22.6 Å². The fourth-order valence-electron chi connectivity index (χ4n) is 4.81. The fraction of sp³-hybridized carbons (Fsp3) is 0.333. The largest absolute Gasteiger partial charge is 0.491 e. The van der Waals surface area contributed by atoms with E-state index in [2.05, 4.69) is 0 Å². The summed E-state index contributed by atoms with van der Waals surface area (Å²) in [5.41, 5.74) is 2.10. The van der Waals surface area contributed by atoms with Crippen LogP contribution in [-0.2, 0) is 0 Å². The van der Waals surface area contributed by atoms with Crippen molar-refractivity contribution in [1.29, 1.82) is 0 Å². The van der Waals surface area contributed by atoms with Crippen molar-refractivity contribution in [1.82, 2.24) is 0 Å². The van der Waals surface area contributed by atoms with Crippen LogP contribution in [0.5, 0.6) is 11.5 Å². The lowest BCUT2D eigenvalue weighted by molar-refractivity contribution is 0.191. The highest BCUT2D eigenvalue weighted by molar-refractivity contribution is 5.67. The summed E-state index contributed by atoms with van der Waals surface area (Å²) in [6, 6.07) is 13.3. The first-order valence-electron chi connectivity index (χ1n) is 12.4. The van der Waals surface area contributed by atoms with E-state index in [1.165, 1.54) is 18.2 Å². The lowest BCUT2D eigenvalue weighted by Gasteiger charge is -2.29. The van der Waals surface area contributed by atoms with Gasteiger partial charge in [0.2, 0.25) is 11.6 Å². The summed E-state index contributed by atoms with van der Waals surface area (Å²) < 4.78 is 69.2. The molecule has 0 aliphatic heterocycles. The van der Waals surface area contributed by atoms with Crippen molar-refractivity contribution in [2.24, 2.45) is 5.92 Å². The Hall–Kier alpha value is -3.28. The summed E-state index contributed by atoms with van der Waals surface area (Å²) in [5.74, 6) is -3.93. The first-order chi connectivity index (χ1) is 17.4. The average molecular weight is 499 g/mol. The van der Waals surface area contributed by atoms with Gasteiger partial charge in [-0.15, -0.1) is 0 Å². The second-order valence-electron chi connectivity index (χ2n) is 9.10. The lowest BCUT2D eigenvalue weighted by atomic mass is 9.79. The molecular weight excluding hydrogens is 468 g/mol. The van der Waals surface area contributed by atoms with Gasteiger partial charge in [-0.1, -0.05) is 42.5 Å². The monoisotopic (exact) mass is 498 g/mol. The number of allylic oxidation sites excluding steroid dienone is 1. The third kappa shape index (κ3) is 5.58. The molecule has 0 radical (unpaired) electrons. The van der Waals surface area contributed by atoms with Gasteiger partial charge in [0.25, 0.3) is 0 Å². The van der Waals surface area contributed by atoms with E-state index in [9.17, 15) is 17.6 Å². The molecule has 36 heavy (non-hydrogen) atoms. The predicted octanol–water partition coefficient (Wildman–Crippen LogP) is 8.69. The average Bonchev–Trinajstić information content (AvgIpc) is 2.89. The maximum absolute atomic E-state index is 14.8. The second kappa shape index (κ2) is 11.6. The molecule has 0 saturated heterocycles. The van der Waals surface area contributed by atoms with Crippen molar-refractivity contribution in [2.75, 3.05) is 13.2 Å². The van der Waals surface area contributed by atoms with Crippen LogP contribution in [0.3, 0.4) is 0 Å². The molecule has 0 N–H and O–H groups in total. The second-order valence-corrected chi connectivity index (χ2v) is 9.10. The van der Waals surface area contributed by atoms with Crippen LogP contribution in [0, 0.1) is 29.2 Å². The maximum atomic E-state index is 14.8. The topological polar surface area (TPSA) is 18.5 Å². The van der Waals surface area contributed by atoms with Gasteiger partial charge in [0, 0.05) is 5.56 Å². The van der Waals surface area contributed by atoms with Gasteiger partial charge in [-0.05, 0) is 86.3 Å². The van der Waals surface area contributed by atoms with Gasteiger partial charge in [0.15, 0.2) is 23.1 Å². The zero-order chi connectivity index (χ0) is 25.7. The molecule has 3 aromatic carbocycles. The SMILES string of the molecule is C/C=C/c1ccc(-c2ccc(OCC3CCC(c4ccc(OCC)c(F)c4F)CC3)c(F)c2F)cc1. The maximum Gasteiger partial charge on any atom is 0.201 e. The molecule has 2 nitrogen and oxygen atoms in total. The van der Waals surface area contributed by atoms with E-state index >= 15 is 0 Å². The van der Waals surface area contributed by atoms with Crippen LogP contribution >= 0.6 is 0 Å². The zero-order valence-corrected chi connectivity index (χ0v) is 20.5. The molecule has 0 atom stereocenters. The van der Waals surface area contributed by atoms with Crippen molar-refractivity contribution >= 4 is 6.08 Å². The molecular formula is C30H30F4O2. The Balaban J connectivity index is 1.36. The van der Waals surface area contributed by atoms with Gasteiger partial charge in [-0.3, -0.25) is 0 Å². The summed E-state index contributed by atoms with van der Waals surface area (Å²) in [6.45, 7) is 4.13. The van der Waals surface area contributed by atoms with E-state index in [0.717, 1.165) is 18.4 Å². The fourth-order valence-corrected chi connectivity index (χ4v) is 4.81. The Morgan fingerprint density at radius 2 is 1.39 bits per heavy atom. The van der Waals surface area contributed by atoms with Crippen LogP contribution in [0.1, 0.15) is 56.6 Å². The van der Waals surface area contributed by atoms with E-state index in [1.807, 2.05) is 31.2 Å². The Morgan fingerprint density at radius 1 is 0.750 bits per heavy atom. The van der Waals surface area contributed by atoms with E-state index < -0.39 is 23.3 Å². The molecule has 1 fully saturated rings. The van der Waals surface area contributed by atoms with E-state index in [0.29, 0.717) is 24.0 Å². The number of benzene rings is 3. The van der Waals surface area contributed by atoms with Crippen LogP contribution in [0.4, 0.5) is 17.6 Å². The van der Waals surface area contributed by atoms with Crippen molar-refractivity contribution in [3.05, 3.63) is 89.0 Å². The van der Waals surface area contributed by atoms with Crippen molar-refractivity contribution < 1.29 is 27.0 Å². The molecule has 1 aliphatic carbocycles. The van der Waals surface area contributed by atoms with Crippen molar-refractivity contribution in [2.45, 2.75) is 45.4 Å². The Bertz CT molecular complexity index is 1210. The van der Waals surface area contributed by atoms with Crippen LogP contribution in [0.25, 0.3) is 17.2 Å². The molecule has 0 spiro atoms. The first kappa shape index (κ1) is 25.8. The van der Waals surface area contributed by atoms with Gasteiger partial charge < -0.3 is 9.47 Å². The van der Waals surface area contributed by atoms with E-state index in [4.69, 9.17) is 9.47 Å². The highest BCUT2D eigenvalue weighted by Gasteiger charge is 2.27. The van der Waals surface area contributed by atoms with Crippen LogP contribution in [0.2, 0.25) is 0 Å². The third-order valence-electron chi connectivity index (χ3n) is 6.77. The highest BCUT2D eigenvalue weighted by atomic mass is 19.2. The number of ether oxygens (including phenoxy) is 2. The summed E-state index contributed by atoms with van der Waals surface area (Å²) in [4.78, 5) is 0. The molecule has 4 rings (SSSR count). The van der Waals surface area contributed by atoms with Crippen LogP contribution in [0.15, 0.2) is 54.6 Å². The van der Waals surface area contributed by atoms with Gasteiger partial charge in [0.1, 0.15) is 0 Å². The predicted molar refractivity (Wildman–Crippen MR) is 134 cm³/mol. The molecule has 3 aromatic rings. The standard InChI is InChI=1S/C30H30F4O2/c1-3-5-19-6-10-21(11-7-19)24-15-17-26(30(34)28(24)32)36-18-20-8-12-22(13-9-20)23-14-16-25(35-4-2)29(33)27(23)31/h3,5-7,10-11,14-17,20,22H,4,8-9,12-13,18H2,1-2H3/b5-3+. The molecule has 0 heterocycles. The summed E-state index contributed by atoms with van der Waals surface area (Å²) >= 11 is 0. The Labute approximate surface area is 209 Å². The molecule has 0 aromatic heterocycles. The van der Waals surface area contributed by atoms with Gasteiger partial charge >= 0.3 is 0 Å². The molecule has 190 valence electrons. The Kier molecular flexibility index (Phi) is 8.34. The number of hydrogen-bond acceptors (Lipinski definition) is 2. The van der Waals surface area contributed by atoms with Gasteiger partial charge in [-0.25, -0.2) is 8.78 Å². The lowest BCUT2D eigenvalue weighted by Crippen LogP contribution is -2.20. The smallest absolute Gasteiger partial charge is 0.201 e.